The first-order valence-corrected chi connectivity index (χ1v) is 8.60. The fourth-order valence-corrected chi connectivity index (χ4v) is 2.77. The maximum Gasteiger partial charge on any atom is 0.251 e. The maximum absolute atomic E-state index is 12.4. The van der Waals surface area contributed by atoms with E-state index < -0.39 is 0 Å². The molecule has 6 heteroatoms. The van der Waals surface area contributed by atoms with E-state index in [1.54, 1.807) is 18.2 Å². The number of carbonyl (C=O) groups is 1. The van der Waals surface area contributed by atoms with Crippen LogP contribution in [0.3, 0.4) is 0 Å². The lowest BCUT2D eigenvalue weighted by molar-refractivity contribution is 0.0951. The fourth-order valence-electron chi connectivity index (χ4n) is 2.57. The molecule has 0 bridgehead atoms. The third-order valence-corrected chi connectivity index (χ3v) is 4.13. The molecule has 0 atom stereocenters. The first-order valence-electron chi connectivity index (χ1n) is 8.22. The lowest BCUT2D eigenvalue weighted by Gasteiger charge is -2.10. The second-order valence-electron chi connectivity index (χ2n) is 5.95. The van der Waals surface area contributed by atoms with Crippen LogP contribution in [0.25, 0.3) is 0 Å². The van der Waals surface area contributed by atoms with Crippen molar-refractivity contribution in [3.8, 4) is 0 Å². The predicted molar refractivity (Wildman–Crippen MR) is 104 cm³/mol. The number of anilines is 2. The summed E-state index contributed by atoms with van der Waals surface area (Å²) in [5, 5.41) is 6.66. The van der Waals surface area contributed by atoms with E-state index in [9.17, 15) is 4.79 Å². The van der Waals surface area contributed by atoms with E-state index in [0.29, 0.717) is 23.1 Å². The lowest BCUT2D eigenvalue weighted by atomic mass is 10.1. The van der Waals surface area contributed by atoms with Crippen molar-refractivity contribution in [3.05, 3.63) is 82.1 Å². The first-order chi connectivity index (χ1) is 12.5. The number of benzene rings is 2. The minimum Gasteiger partial charge on any atom is -0.348 e. The number of aromatic nitrogens is 2. The molecule has 26 heavy (non-hydrogen) atoms. The summed E-state index contributed by atoms with van der Waals surface area (Å²) in [6, 6.07) is 16.6. The highest BCUT2D eigenvalue weighted by Crippen LogP contribution is 2.17. The van der Waals surface area contributed by atoms with Crippen LogP contribution in [-0.2, 0) is 6.54 Å². The molecule has 1 aromatic heterocycles. The average molecular weight is 367 g/mol. The Labute approximate surface area is 157 Å². The van der Waals surface area contributed by atoms with Crippen LogP contribution in [0.2, 0.25) is 5.02 Å². The molecule has 0 fully saturated rings. The van der Waals surface area contributed by atoms with Gasteiger partial charge in [-0.1, -0.05) is 35.9 Å². The SMILES string of the molecule is Cc1cc(C)nc(Nc2cccc(C(=O)NCc3ccccc3Cl)c2)n1. The van der Waals surface area contributed by atoms with E-state index in [-0.39, 0.29) is 5.91 Å². The third kappa shape index (κ3) is 4.58. The Morgan fingerprint density at radius 3 is 2.46 bits per heavy atom. The molecule has 2 N–H and O–H groups in total. The molecule has 1 heterocycles. The molecule has 0 unspecified atom stereocenters. The Bertz CT molecular complexity index is 922. The van der Waals surface area contributed by atoms with Crippen LogP contribution >= 0.6 is 11.6 Å². The molecule has 132 valence electrons. The van der Waals surface area contributed by atoms with Crippen molar-refractivity contribution >= 4 is 29.1 Å². The van der Waals surface area contributed by atoms with Gasteiger partial charge in [0, 0.05) is 34.2 Å². The molecular formula is C20H19ClN4O. The Morgan fingerprint density at radius 2 is 1.73 bits per heavy atom. The summed E-state index contributed by atoms with van der Waals surface area (Å²) in [6.45, 7) is 4.20. The zero-order chi connectivity index (χ0) is 18.5. The van der Waals surface area contributed by atoms with Crippen LogP contribution in [0.5, 0.6) is 0 Å². The number of amides is 1. The largest absolute Gasteiger partial charge is 0.348 e. The van der Waals surface area contributed by atoms with Gasteiger partial charge in [0.2, 0.25) is 5.95 Å². The number of halogens is 1. The average Bonchev–Trinajstić information content (AvgIpc) is 2.60. The second-order valence-corrected chi connectivity index (χ2v) is 6.36. The quantitative estimate of drug-likeness (QED) is 0.701. The summed E-state index contributed by atoms with van der Waals surface area (Å²) in [6.07, 6.45) is 0. The molecule has 0 spiro atoms. The zero-order valence-electron chi connectivity index (χ0n) is 14.6. The molecule has 0 saturated heterocycles. The van der Waals surface area contributed by atoms with Gasteiger partial charge >= 0.3 is 0 Å². The van der Waals surface area contributed by atoms with E-state index in [1.165, 1.54) is 0 Å². The van der Waals surface area contributed by atoms with Gasteiger partial charge in [0.15, 0.2) is 0 Å². The molecule has 0 radical (unpaired) electrons. The van der Waals surface area contributed by atoms with Gasteiger partial charge < -0.3 is 10.6 Å². The fraction of sp³-hybridized carbons (Fsp3) is 0.150. The molecule has 0 saturated carbocycles. The highest BCUT2D eigenvalue weighted by Gasteiger charge is 2.08. The summed E-state index contributed by atoms with van der Waals surface area (Å²) in [4.78, 5) is 21.1. The molecule has 3 rings (SSSR count). The van der Waals surface area contributed by atoms with Crippen LogP contribution in [0, 0.1) is 13.8 Å². The van der Waals surface area contributed by atoms with Crippen LogP contribution < -0.4 is 10.6 Å². The molecular weight excluding hydrogens is 348 g/mol. The molecule has 3 aromatic rings. The van der Waals surface area contributed by atoms with Gasteiger partial charge in [-0.05, 0) is 49.7 Å². The van der Waals surface area contributed by atoms with Crippen molar-refractivity contribution in [1.29, 1.82) is 0 Å². The van der Waals surface area contributed by atoms with Crippen LogP contribution in [-0.4, -0.2) is 15.9 Å². The highest BCUT2D eigenvalue weighted by molar-refractivity contribution is 6.31. The summed E-state index contributed by atoms with van der Waals surface area (Å²) < 4.78 is 0. The minimum atomic E-state index is -0.171. The van der Waals surface area contributed by atoms with Crippen LogP contribution in [0.1, 0.15) is 27.3 Å². The van der Waals surface area contributed by atoms with Gasteiger partial charge in [-0.15, -0.1) is 0 Å². The van der Waals surface area contributed by atoms with Crippen molar-refractivity contribution in [1.82, 2.24) is 15.3 Å². The predicted octanol–water partition coefficient (Wildman–Crippen LogP) is 4.42. The van der Waals surface area contributed by atoms with Crippen LogP contribution in [0.4, 0.5) is 11.6 Å². The summed E-state index contributed by atoms with van der Waals surface area (Å²) in [7, 11) is 0. The molecule has 0 aliphatic rings. The van der Waals surface area contributed by atoms with E-state index in [2.05, 4.69) is 20.6 Å². The van der Waals surface area contributed by atoms with Crippen molar-refractivity contribution < 1.29 is 4.79 Å². The normalized spacial score (nSPS) is 10.4. The molecule has 0 aliphatic carbocycles. The maximum atomic E-state index is 12.4. The highest BCUT2D eigenvalue weighted by atomic mass is 35.5. The van der Waals surface area contributed by atoms with Gasteiger partial charge in [-0.2, -0.15) is 0 Å². The van der Waals surface area contributed by atoms with Crippen molar-refractivity contribution in [2.24, 2.45) is 0 Å². The number of carbonyl (C=O) groups excluding carboxylic acids is 1. The van der Waals surface area contributed by atoms with Crippen molar-refractivity contribution in [3.63, 3.8) is 0 Å². The van der Waals surface area contributed by atoms with E-state index in [4.69, 9.17) is 11.6 Å². The Balaban J connectivity index is 1.70. The number of hydrogen-bond donors (Lipinski definition) is 2. The minimum absolute atomic E-state index is 0.171. The Hall–Kier alpha value is -2.92. The molecule has 0 aliphatic heterocycles. The molecule has 1 amide bonds. The van der Waals surface area contributed by atoms with E-state index in [1.807, 2.05) is 50.2 Å². The van der Waals surface area contributed by atoms with Gasteiger partial charge in [0.05, 0.1) is 0 Å². The number of hydrogen-bond acceptors (Lipinski definition) is 4. The molecule has 5 nitrogen and oxygen atoms in total. The third-order valence-electron chi connectivity index (χ3n) is 3.76. The lowest BCUT2D eigenvalue weighted by Crippen LogP contribution is -2.23. The number of nitrogens with zero attached hydrogens (tertiary/aromatic N) is 2. The monoisotopic (exact) mass is 366 g/mol. The van der Waals surface area contributed by atoms with Gasteiger partial charge in [0.1, 0.15) is 0 Å². The number of nitrogens with one attached hydrogen (secondary N) is 2. The summed E-state index contributed by atoms with van der Waals surface area (Å²) >= 11 is 6.12. The zero-order valence-corrected chi connectivity index (χ0v) is 15.3. The second kappa shape index (κ2) is 7.97. The standard InChI is InChI=1S/C20H19ClN4O/c1-13-10-14(2)24-20(23-13)25-17-8-5-7-15(11-17)19(26)22-12-16-6-3-4-9-18(16)21/h3-11H,12H2,1-2H3,(H,22,26)(H,23,24,25). The van der Waals surface area contributed by atoms with Crippen molar-refractivity contribution in [2.45, 2.75) is 20.4 Å². The first kappa shape index (κ1) is 17.9. The number of rotatable bonds is 5. The smallest absolute Gasteiger partial charge is 0.251 e. The summed E-state index contributed by atoms with van der Waals surface area (Å²) in [5.74, 6) is 0.339. The van der Waals surface area contributed by atoms with Crippen molar-refractivity contribution in [2.75, 3.05) is 5.32 Å². The van der Waals surface area contributed by atoms with Gasteiger partial charge in [-0.25, -0.2) is 9.97 Å². The Morgan fingerprint density at radius 1 is 1.00 bits per heavy atom. The van der Waals surface area contributed by atoms with Crippen LogP contribution in [0.15, 0.2) is 54.6 Å². The van der Waals surface area contributed by atoms with Gasteiger partial charge in [-0.3, -0.25) is 4.79 Å². The number of aryl methyl sites for hydroxylation is 2. The van der Waals surface area contributed by atoms with Gasteiger partial charge in [0.25, 0.3) is 5.91 Å². The summed E-state index contributed by atoms with van der Waals surface area (Å²) in [5.41, 5.74) is 3.94. The molecule has 2 aromatic carbocycles. The Kier molecular flexibility index (Phi) is 5.49. The van der Waals surface area contributed by atoms with E-state index >= 15 is 0 Å². The van der Waals surface area contributed by atoms with E-state index in [0.717, 1.165) is 22.6 Å². The topological polar surface area (TPSA) is 66.9 Å².